The van der Waals surface area contributed by atoms with Gasteiger partial charge in [-0.15, -0.1) is 0 Å². The Balaban J connectivity index is 4.20. The molecule has 0 aromatic rings. The number of allylic oxidation sites excluding steroid dienone is 3. The average molecular weight is 182 g/mol. The van der Waals surface area contributed by atoms with Crippen LogP contribution in [-0.2, 0) is 4.74 Å². The molecular formula is C10H18N2O. The zero-order valence-corrected chi connectivity index (χ0v) is 8.58. The molecule has 0 saturated heterocycles. The number of ether oxygens (including phenoxy) is 1. The highest BCUT2D eigenvalue weighted by Crippen LogP contribution is 2.08. The summed E-state index contributed by atoms with van der Waals surface area (Å²) in [5.74, 6) is 0.943. The molecular weight excluding hydrogens is 164 g/mol. The molecule has 0 rings (SSSR count). The number of hydrogen-bond donors (Lipinski definition) is 1. The number of nitrogens with two attached hydrogens (primary N) is 1. The van der Waals surface area contributed by atoms with E-state index in [9.17, 15) is 0 Å². The molecule has 13 heavy (non-hydrogen) atoms. The highest BCUT2D eigenvalue weighted by molar-refractivity contribution is 5.53. The Morgan fingerprint density at radius 1 is 1.54 bits per heavy atom. The molecule has 0 aromatic heterocycles. The molecule has 0 amide bonds. The predicted molar refractivity (Wildman–Crippen MR) is 56.4 cm³/mol. The SMILES string of the molecule is CC=C(CC=C(CC)N=CN)OC. The molecule has 0 fully saturated rings. The average Bonchev–Trinajstić information content (AvgIpc) is 2.17. The second kappa shape index (κ2) is 7.40. The Labute approximate surface area is 80.0 Å². The molecule has 3 nitrogen and oxygen atoms in total. The van der Waals surface area contributed by atoms with Crippen LogP contribution in [0, 0.1) is 0 Å². The topological polar surface area (TPSA) is 47.6 Å². The summed E-state index contributed by atoms with van der Waals surface area (Å²) in [5.41, 5.74) is 6.18. The van der Waals surface area contributed by atoms with E-state index in [2.05, 4.69) is 4.99 Å². The summed E-state index contributed by atoms with van der Waals surface area (Å²) in [5, 5.41) is 0. The van der Waals surface area contributed by atoms with Crippen molar-refractivity contribution in [2.75, 3.05) is 7.11 Å². The number of rotatable bonds is 5. The summed E-state index contributed by atoms with van der Waals surface area (Å²) in [6, 6.07) is 0. The summed E-state index contributed by atoms with van der Waals surface area (Å²) >= 11 is 0. The van der Waals surface area contributed by atoms with E-state index in [1.165, 1.54) is 6.34 Å². The second-order valence-electron chi connectivity index (χ2n) is 2.49. The third-order valence-corrected chi connectivity index (χ3v) is 1.73. The van der Waals surface area contributed by atoms with Crippen LogP contribution in [0.1, 0.15) is 26.7 Å². The van der Waals surface area contributed by atoms with Crippen LogP contribution in [0.5, 0.6) is 0 Å². The first-order chi connectivity index (χ1) is 6.28. The molecule has 74 valence electrons. The van der Waals surface area contributed by atoms with Crippen molar-refractivity contribution in [1.82, 2.24) is 0 Å². The van der Waals surface area contributed by atoms with E-state index in [-0.39, 0.29) is 0 Å². The second-order valence-corrected chi connectivity index (χ2v) is 2.49. The van der Waals surface area contributed by atoms with Crippen molar-refractivity contribution in [2.45, 2.75) is 26.7 Å². The van der Waals surface area contributed by atoms with E-state index < -0.39 is 0 Å². The van der Waals surface area contributed by atoms with Crippen molar-refractivity contribution in [2.24, 2.45) is 10.7 Å². The van der Waals surface area contributed by atoms with Gasteiger partial charge in [0.1, 0.15) is 0 Å². The third-order valence-electron chi connectivity index (χ3n) is 1.73. The first-order valence-electron chi connectivity index (χ1n) is 4.40. The molecule has 0 spiro atoms. The largest absolute Gasteiger partial charge is 0.501 e. The molecule has 0 aliphatic heterocycles. The van der Waals surface area contributed by atoms with Crippen LogP contribution in [0.25, 0.3) is 0 Å². The molecule has 3 heteroatoms. The highest BCUT2D eigenvalue weighted by atomic mass is 16.5. The smallest absolute Gasteiger partial charge is 0.0951 e. The molecule has 2 N–H and O–H groups in total. The fraction of sp³-hybridized carbons (Fsp3) is 0.500. The zero-order chi connectivity index (χ0) is 10.1. The lowest BCUT2D eigenvalue weighted by Crippen LogP contribution is -1.90. The van der Waals surface area contributed by atoms with E-state index in [4.69, 9.17) is 10.5 Å². The van der Waals surface area contributed by atoms with Crippen molar-refractivity contribution >= 4 is 6.34 Å². The minimum atomic E-state index is 0.771. The lowest BCUT2D eigenvalue weighted by Gasteiger charge is -2.02. The van der Waals surface area contributed by atoms with Crippen LogP contribution in [-0.4, -0.2) is 13.4 Å². The molecule has 0 aromatic carbocycles. The first-order valence-corrected chi connectivity index (χ1v) is 4.40. The Bertz CT molecular complexity index is 217. The summed E-state index contributed by atoms with van der Waals surface area (Å²) in [7, 11) is 1.67. The first kappa shape index (κ1) is 11.8. The normalized spacial score (nSPS) is 13.8. The summed E-state index contributed by atoms with van der Waals surface area (Å²) in [4.78, 5) is 4.01. The van der Waals surface area contributed by atoms with Gasteiger partial charge in [0.25, 0.3) is 0 Å². The van der Waals surface area contributed by atoms with Crippen molar-refractivity contribution in [3.05, 3.63) is 23.6 Å². The fourth-order valence-electron chi connectivity index (χ4n) is 0.922. The molecule has 0 aliphatic carbocycles. The molecule has 0 heterocycles. The summed E-state index contributed by atoms with van der Waals surface area (Å²) < 4.78 is 5.11. The van der Waals surface area contributed by atoms with Crippen LogP contribution >= 0.6 is 0 Å². The molecule has 0 aliphatic rings. The zero-order valence-electron chi connectivity index (χ0n) is 8.58. The van der Waals surface area contributed by atoms with Crippen LogP contribution < -0.4 is 5.73 Å². The number of nitrogens with zero attached hydrogens (tertiary/aromatic N) is 1. The maximum absolute atomic E-state index is 5.20. The van der Waals surface area contributed by atoms with Crippen LogP contribution in [0.4, 0.5) is 0 Å². The molecule has 0 saturated carbocycles. The lowest BCUT2D eigenvalue weighted by molar-refractivity contribution is 0.284. The minimum Gasteiger partial charge on any atom is -0.501 e. The van der Waals surface area contributed by atoms with Crippen molar-refractivity contribution in [3.63, 3.8) is 0 Å². The monoisotopic (exact) mass is 182 g/mol. The minimum absolute atomic E-state index is 0.771. The summed E-state index contributed by atoms with van der Waals surface area (Å²) in [6.45, 7) is 3.99. The van der Waals surface area contributed by atoms with Gasteiger partial charge in [-0.2, -0.15) is 0 Å². The lowest BCUT2D eigenvalue weighted by atomic mass is 10.2. The Morgan fingerprint density at radius 3 is 2.62 bits per heavy atom. The van der Waals surface area contributed by atoms with E-state index in [1.54, 1.807) is 7.11 Å². The van der Waals surface area contributed by atoms with Crippen molar-refractivity contribution in [1.29, 1.82) is 0 Å². The van der Waals surface area contributed by atoms with Gasteiger partial charge in [0.2, 0.25) is 0 Å². The van der Waals surface area contributed by atoms with Gasteiger partial charge >= 0.3 is 0 Å². The van der Waals surface area contributed by atoms with E-state index in [0.717, 1.165) is 24.3 Å². The van der Waals surface area contributed by atoms with Gasteiger partial charge in [-0.1, -0.05) is 13.0 Å². The van der Waals surface area contributed by atoms with Gasteiger partial charge < -0.3 is 10.5 Å². The van der Waals surface area contributed by atoms with E-state index in [1.807, 2.05) is 26.0 Å². The van der Waals surface area contributed by atoms with Crippen LogP contribution in [0.15, 0.2) is 28.6 Å². The van der Waals surface area contributed by atoms with E-state index >= 15 is 0 Å². The van der Waals surface area contributed by atoms with Gasteiger partial charge in [0.15, 0.2) is 0 Å². The Hall–Kier alpha value is -1.25. The predicted octanol–water partition coefficient (Wildman–Crippen LogP) is 2.21. The molecule has 0 atom stereocenters. The summed E-state index contributed by atoms with van der Waals surface area (Å²) in [6.07, 6.45) is 6.93. The van der Waals surface area contributed by atoms with Crippen molar-refractivity contribution in [3.8, 4) is 0 Å². The van der Waals surface area contributed by atoms with Crippen LogP contribution in [0.2, 0.25) is 0 Å². The Kier molecular flexibility index (Phi) is 6.69. The quantitative estimate of drug-likeness (QED) is 0.402. The van der Waals surface area contributed by atoms with Crippen LogP contribution in [0.3, 0.4) is 0 Å². The van der Waals surface area contributed by atoms with Gasteiger partial charge in [-0.25, -0.2) is 4.99 Å². The van der Waals surface area contributed by atoms with Gasteiger partial charge in [0, 0.05) is 12.1 Å². The molecule has 0 bridgehead atoms. The maximum atomic E-state index is 5.20. The number of hydrogen-bond acceptors (Lipinski definition) is 2. The Morgan fingerprint density at radius 2 is 2.23 bits per heavy atom. The third kappa shape index (κ3) is 5.06. The van der Waals surface area contributed by atoms with Gasteiger partial charge in [-0.05, 0) is 19.4 Å². The fourth-order valence-corrected chi connectivity index (χ4v) is 0.922. The van der Waals surface area contributed by atoms with Crippen molar-refractivity contribution < 1.29 is 4.74 Å². The van der Waals surface area contributed by atoms with E-state index in [0.29, 0.717) is 0 Å². The highest BCUT2D eigenvalue weighted by Gasteiger charge is 1.93. The number of methoxy groups -OCH3 is 1. The molecule has 0 unspecified atom stereocenters. The standard InChI is InChI=1S/C10H18N2O/c1-4-9(12-8-11)6-7-10(5-2)13-3/h5-6,8H,4,7H2,1-3H3,(H2,11,12). The van der Waals surface area contributed by atoms with Gasteiger partial charge in [-0.3, -0.25) is 0 Å². The maximum Gasteiger partial charge on any atom is 0.0951 e. The number of aliphatic imine (C=N–C) groups is 1. The van der Waals surface area contributed by atoms with Gasteiger partial charge in [0.05, 0.1) is 19.2 Å². The molecule has 0 radical (unpaired) electrons.